The van der Waals surface area contributed by atoms with Crippen LogP contribution < -0.4 is 5.32 Å². The molecule has 0 aromatic heterocycles. The van der Waals surface area contributed by atoms with Crippen molar-refractivity contribution < 1.29 is 0 Å². The van der Waals surface area contributed by atoms with Gasteiger partial charge in [-0.1, -0.05) is 31.0 Å². The van der Waals surface area contributed by atoms with E-state index in [1.165, 1.54) is 56.0 Å². The summed E-state index contributed by atoms with van der Waals surface area (Å²) >= 11 is 2.05. The molecular weight excluding hydrogens is 276 g/mol. The van der Waals surface area contributed by atoms with Gasteiger partial charge in [-0.3, -0.25) is 4.90 Å². The summed E-state index contributed by atoms with van der Waals surface area (Å²) in [7, 11) is 0. The van der Waals surface area contributed by atoms with Crippen LogP contribution >= 0.6 is 11.8 Å². The van der Waals surface area contributed by atoms with Crippen LogP contribution in [0.2, 0.25) is 0 Å². The Balaban J connectivity index is 1.55. The molecule has 1 saturated carbocycles. The van der Waals surface area contributed by atoms with E-state index >= 15 is 0 Å². The molecule has 4 rings (SSSR count). The van der Waals surface area contributed by atoms with E-state index in [0.29, 0.717) is 11.6 Å². The van der Waals surface area contributed by atoms with Crippen molar-refractivity contribution in [2.45, 2.75) is 55.0 Å². The fourth-order valence-electron chi connectivity index (χ4n) is 4.51. The summed E-state index contributed by atoms with van der Waals surface area (Å²) in [6.07, 6.45) is 5.63. The Bertz CT molecular complexity index is 510. The Hall–Kier alpha value is -0.510. The number of rotatable bonds is 2. The first-order valence-corrected chi connectivity index (χ1v) is 9.46. The first-order chi connectivity index (χ1) is 10.3. The average molecular weight is 302 g/mol. The lowest BCUT2D eigenvalue weighted by Crippen LogP contribution is -2.63. The molecule has 2 nitrogen and oxygen atoms in total. The van der Waals surface area contributed by atoms with Gasteiger partial charge in [-0.05, 0) is 31.4 Å². The Kier molecular flexibility index (Phi) is 3.76. The molecule has 1 saturated heterocycles. The van der Waals surface area contributed by atoms with Gasteiger partial charge in [0, 0.05) is 47.8 Å². The van der Waals surface area contributed by atoms with Crippen LogP contribution in [0.3, 0.4) is 0 Å². The van der Waals surface area contributed by atoms with E-state index in [1.807, 2.05) is 0 Å². The molecule has 2 heterocycles. The van der Waals surface area contributed by atoms with Crippen molar-refractivity contribution in [1.82, 2.24) is 10.2 Å². The number of fused-ring (bicyclic) bond motifs is 1. The second-order valence-electron chi connectivity index (χ2n) is 7.16. The number of nitrogens with zero attached hydrogens (tertiary/aromatic N) is 1. The first-order valence-electron chi connectivity index (χ1n) is 8.47. The third-order valence-corrected chi connectivity index (χ3v) is 6.97. The Morgan fingerprint density at radius 1 is 1.29 bits per heavy atom. The summed E-state index contributed by atoms with van der Waals surface area (Å²) in [6.45, 7) is 6.03. The lowest BCUT2D eigenvalue weighted by Gasteiger charge is -2.48. The van der Waals surface area contributed by atoms with Crippen molar-refractivity contribution >= 4 is 11.8 Å². The second kappa shape index (κ2) is 5.60. The molecule has 2 fully saturated rings. The molecule has 1 aromatic carbocycles. The molecule has 1 spiro atoms. The van der Waals surface area contributed by atoms with Crippen LogP contribution in [0.4, 0.5) is 0 Å². The van der Waals surface area contributed by atoms with Gasteiger partial charge >= 0.3 is 0 Å². The minimum Gasteiger partial charge on any atom is -0.311 e. The predicted molar refractivity (Wildman–Crippen MR) is 90.1 cm³/mol. The van der Waals surface area contributed by atoms with E-state index in [2.05, 4.69) is 53.2 Å². The lowest BCUT2D eigenvalue weighted by molar-refractivity contribution is 0.0427. The number of benzene rings is 1. The zero-order valence-electron chi connectivity index (χ0n) is 13.0. The summed E-state index contributed by atoms with van der Waals surface area (Å²) in [5, 5.41) is 3.74. The molecule has 0 bridgehead atoms. The summed E-state index contributed by atoms with van der Waals surface area (Å²) < 4.78 is 0. The van der Waals surface area contributed by atoms with E-state index < -0.39 is 0 Å². The molecule has 2 aliphatic heterocycles. The topological polar surface area (TPSA) is 15.3 Å². The van der Waals surface area contributed by atoms with Crippen LogP contribution in [0.5, 0.6) is 0 Å². The summed E-state index contributed by atoms with van der Waals surface area (Å²) in [5.74, 6) is 2.00. The third-order valence-electron chi connectivity index (χ3n) is 5.72. The van der Waals surface area contributed by atoms with Crippen molar-refractivity contribution in [3.63, 3.8) is 0 Å². The van der Waals surface area contributed by atoms with Crippen LogP contribution in [0, 0.1) is 0 Å². The van der Waals surface area contributed by atoms with E-state index in [4.69, 9.17) is 0 Å². The van der Waals surface area contributed by atoms with E-state index in [9.17, 15) is 0 Å². The molecule has 1 aromatic rings. The van der Waals surface area contributed by atoms with Crippen LogP contribution in [0.15, 0.2) is 29.2 Å². The standard InChI is InChI=1S/C18H26N2S/c1-14-10-20(18(13-19-14)8-4-5-9-18)11-15-12-21-17-7-3-2-6-16(15)17/h2-3,6-7,14-15,19H,4-5,8-13H2,1H3. The van der Waals surface area contributed by atoms with Crippen molar-refractivity contribution in [2.24, 2.45) is 0 Å². The molecule has 1 N–H and O–H groups in total. The minimum atomic E-state index is 0.467. The van der Waals surface area contributed by atoms with Gasteiger partial charge in [-0.25, -0.2) is 0 Å². The molecule has 0 radical (unpaired) electrons. The van der Waals surface area contributed by atoms with Crippen LogP contribution in [-0.2, 0) is 0 Å². The zero-order chi connectivity index (χ0) is 14.3. The maximum absolute atomic E-state index is 3.74. The smallest absolute Gasteiger partial charge is 0.0334 e. The third kappa shape index (κ3) is 2.54. The van der Waals surface area contributed by atoms with Gasteiger partial charge in [0.25, 0.3) is 0 Å². The van der Waals surface area contributed by atoms with Crippen LogP contribution in [0.1, 0.15) is 44.1 Å². The van der Waals surface area contributed by atoms with Gasteiger partial charge in [-0.2, -0.15) is 0 Å². The van der Waals surface area contributed by atoms with E-state index in [0.717, 1.165) is 5.92 Å². The molecule has 0 amide bonds. The largest absolute Gasteiger partial charge is 0.311 e. The van der Waals surface area contributed by atoms with Crippen molar-refractivity contribution in [2.75, 3.05) is 25.4 Å². The maximum Gasteiger partial charge on any atom is 0.0334 e. The van der Waals surface area contributed by atoms with Gasteiger partial charge in [0.15, 0.2) is 0 Å². The maximum atomic E-state index is 3.74. The summed E-state index contributed by atoms with van der Waals surface area (Å²) in [5.41, 5.74) is 2.07. The van der Waals surface area contributed by atoms with Gasteiger partial charge < -0.3 is 5.32 Å². The summed E-state index contributed by atoms with van der Waals surface area (Å²) in [4.78, 5) is 4.38. The van der Waals surface area contributed by atoms with Crippen molar-refractivity contribution in [3.8, 4) is 0 Å². The molecule has 2 atom stereocenters. The van der Waals surface area contributed by atoms with Crippen LogP contribution in [-0.4, -0.2) is 41.9 Å². The second-order valence-corrected chi connectivity index (χ2v) is 8.23. The van der Waals surface area contributed by atoms with Crippen LogP contribution in [0.25, 0.3) is 0 Å². The average Bonchev–Trinajstić information content (AvgIpc) is 3.12. The Morgan fingerprint density at radius 3 is 2.95 bits per heavy atom. The lowest BCUT2D eigenvalue weighted by atomic mass is 9.89. The number of thioether (sulfide) groups is 1. The molecule has 3 aliphatic rings. The predicted octanol–water partition coefficient (Wildman–Crippen LogP) is 3.48. The van der Waals surface area contributed by atoms with E-state index in [-0.39, 0.29) is 0 Å². The summed E-state index contributed by atoms with van der Waals surface area (Å²) in [6, 6.07) is 9.68. The Morgan fingerprint density at radius 2 is 2.10 bits per heavy atom. The molecule has 1 aliphatic carbocycles. The molecule has 21 heavy (non-hydrogen) atoms. The molecule has 3 heteroatoms. The molecule has 114 valence electrons. The number of hydrogen-bond donors (Lipinski definition) is 1. The number of nitrogens with one attached hydrogen (secondary N) is 1. The fourth-order valence-corrected chi connectivity index (χ4v) is 5.75. The monoisotopic (exact) mass is 302 g/mol. The van der Waals surface area contributed by atoms with E-state index in [1.54, 1.807) is 5.56 Å². The zero-order valence-corrected chi connectivity index (χ0v) is 13.8. The number of piperazine rings is 1. The highest BCUT2D eigenvalue weighted by Crippen LogP contribution is 2.43. The highest BCUT2D eigenvalue weighted by molar-refractivity contribution is 7.99. The first kappa shape index (κ1) is 14.1. The fraction of sp³-hybridized carbons (Fsp3) is 0.667. The Labute approximate surface area is 132 Å². The van der Waals surface area contributed by atoms with Gasteiger partial charge in [0.2, 0.25) is 0 Å². The van der Waals surface area contributed by atoms with Gasteiger partial charge in [0.1, 0.15) is 0 Å². The SMILES string of the molecule is CC1CN(CC2CSc3ccccc32)C2(CCCC2)CN1. The van der Waals surface area contributed by atoms with Gasteiger partial charge in [-0.15, -0.1) is 11.8 Å². The van der Waals surface area contributed by atoms with Gasteiger partial charge in [0.05, 0.1) is 0 Å². The normalized spacial score (nSPS) is 31.7. The highest BCUT2D eigenvalue weighted by atomic mass is 32.2. The molecular formula is C18H26N2S. The minimum absolute atomic E-state index is 0.467. The quantitative estimate of drug-likeness (QED) is 0.900. The number of hydrogen-bond acceptors (Lipinski definition) is 3. The highest BCUT2D eigenvalue weighted by Gasteiger charge is 2.43. The molecule has 2 unspecified atom stereocenters. The van der Waals surface area contributed by atoms with Crippen molar-refractivity contribution in [3.05, 3.63) is 29.8 Å². The van der Waals surface area contributed by atoms with Crippen molar-refractivity contribution in [1.29, 1.82) is 0 Å².